The molecular formula is C13H20N2O3. The van der Waals surface area contributed by atoms with Gasteiger partial charge in [-0.15, -0.1) is 0 Å². The molecular weight excluding hydrogens is 232 g/mol. The Hall–Kier alpha value is -1.78. The summed E-state index contributed by atoms with van der Waals surface area (Å²) in [5.41, 5.74) is 0.0400. The smallest absolute Gasteiger partial charge is 0.333 e. The highest BCUT2D eigenvalue weighted by molar-refractivity contribution is 5.68. The van der Waals surface area contributed by atoms with Crippen molar-refractivity contribution in [2.24, 2.45) is 0 Å². The van der Waals surface area contributed by atoms with Gasteiger partial charge in [-0.2, -0.15) is 0 Å². The zero-order chi connectivity index (χ0) is 13.8. The van der Waals surface area contributed by atoms with Crippen LogP contribution in [0.2, 0.25) is 0 Å². The van der Waals surface area contributed by atoms with Gasteiger partial charge in [0, 0.05) is 6.54 Å². The maximum absolute atomic E-state index is 11.2. The molecule has 0 amide bonds. The molecule has 5 nitrogen and oxygen atoms in total. The quantitative estimate of drug-likeness (QED) is 0.642. The highest BCUT2D eigenvalue weighted by atomic mass is 16.6. The molecule has 0 atom stereocenters. The van der Waals surface area contributed by atoms with Crippen molar-refractivity contribution in [2.45, 2.75) is 39.7 Å². The predicted molar refractivity (Wildman–Crippen MR) is 72.3 cm³/mol. The number of rotatable bonds is 5. The lowest BCUT2D eigenvalue weighted by molar-refractivity contribution is -0.385. The lowest BCUT2D eigenvalue weighted by atomic mass is 10.1. The van der Waals surface area contributed by atoms with Gasteiger partial charge in [0.1, 0.15) is 11.3 Å². The van der Waals surface area contributed by atoms with E-state index in [9.17, 15) is 10.1 Å². The minimum absolute atomic E-state index is 0.000810. The summed E-state index contributed by atoms with van der Waals surface area (Å²) in [6.07, 6.45) is 0.904. The number of nitrogens with zero attached hydrogens (tertiary/aromatic N) is 1. The van der Waals surface area contributed by atoms with Gasteiger partial charge in [0.05, 0.1) is 4.92 Å². The molecule has 0 aliphatic rings. The van der Waals surface area contributed by atoms with E-state index in [4.69, 9.17) is 4.74 Å². The number of nitro groups is 1. The first-order valence-corrected chi connectivity index (χ1v) is 6.05. The van der Waals surface area contributed by atoms with Crippen LogP contribution in [0.3, 0.4) is 0 Å². The van der Waals surface area contributed by atoms with E-state index in [2.05, 4.69) is 5.32 Å². The van der Waals surface area contributed by atoms with Gasteiger partial charge < -0.3 is 10.1 Å². The summed E-state index contributed by atoms with van der Waals surface area (Å²) in [6.45, 7) is 8.29. The van der Waals surface area contributed by atoms with Crippen molar-refractivity contribution in [1.29, 1.82) is 0 Å². The number of benzene rings is 1. The van der Waals surface area contributed by atoms with Crippen LogP contribution in [0.5, 0.6) is 5.75 Å². The van der Waals surface area contributed by atoms with Gasteiger partial charge in [-0.3, -0.25) is 10.1 Å². The number of hydrogen-bond donors (Lipinski definition) is 1. The van der Waals surface area contributed by atoms with Crippen molar-refractivity contribution < 1.29 is 9.66 Å². The molecule has 0 unspecified atom stereocenters. The van der Waals surface area contributed by atoms with E-state index in [-0.39, 0.29) is 5.69 Å². The maximum Gasteiger partial charge on any atom is 0.333 e. The van der Waals surface area contributed by atoms with Crippen LogP contribution < -0.4 is 10.1 Å². The number of para-hydroxylation sites is 1. The van der Waals surface area contributed by atoms with Crippen molar-refractivity contribution in [1.82, 2.24) is 0 Å². The fourth-order valence-electron chi connectivity index (χ4n) is 1.53. The monoisotopic (exact) mass is 252 g/mol. The van der Waals surface area contributed by atoms with Gasteiger partial charge in [-0.05, 0) is 39.3 Å². The normalized spacial score (nSPS) is 11.1. The molecule has 100 valence electrons. The second kappa shape index (κ2) is 5.71. The van der Waals surface area contributed by atoms with Crippen LogP contribution in [0.1, 0.15) is 34.1 Å². The average molecular weight is 252 g/mol. The predicted octanol–water partition coefficient (Wildman–Crippen LogP) is 3.59. The van der Waals surface area contributed by atoms with Gasteiger partial charge in [0.2, 0.25) is 0 Å². The number of hydrogen-bond acceptors (Lipinski definition) is 4. The first kappa shape index (κ1) is 14.3. The van der Waals surface area contributed by atoms with Crippen molar-refractivity contribution in [2.75, 3.05) is 11.9 Å². The Morgan fingerprint density at radius 1 is 1.39 bits per heavy atom. The molecule has 1 N–H and O–H groups in total. The molecule has 18 heavy (non-hydrogen) atoms. The molecule has 0 spiro atoms. The zero-order valence-electron chi connectivity index (χ0n) is 11.3. The Balaban J connectivity index is 3.13. The van der Waals surface area contributed by atoms with Crippen LogP contribution in [0.15, 0.2) is 18.2 Å². The van der Waals surface area contributed by atoms with Gasteiger partial charge in [-0.1, -0.05) is 13.0 Å². The van der Waals surface area contributed by atoms with Gasteiger partial charge in [0.25, 0.3) is 0 Å². The third-order valence-corrected chi connectivity index (χ3v) is 2.16. The summed E-state index contributed by atoms with van der Waals surface area (Å²) in [5.74, 6) is 0.300. The largest absolute Gasteiger partial charge is 0.481 e. The van der Waals surface area contributed by atoms with Gasteiger partial charge in [-0.25, -0.2) is 0 Å². The van der Waals surface area contributed by atoms with Gasteiger partial charge in [0.15, 0.2) is 5.75 Å². The fraction of sp³-hybridized carbons (Fsp3) is 0.538. The lowest BCUT2D eigenvalue weighted by Gasteiger charge is -2.21. The molecule has 5 heteroatoms. The second-order valence-corrected chi connectivity index (χ2v) is 5.05. The molecule has 1 aromatic rings. The molecule has 0 bridgehead atoms. The van der Waals surface area contributed by atoms with Crippen molar-refractivity contribution in [3.05, 3.63) is 28.3 Å². The van der Waals surface area contributed by atoms with Crippen molar-refractivity contribution >= 4 is 11.4 Å². The second-order valence-electron chi connectivity index (χ2n) is 5.05. The highest BCUT2D eigenvalue weighted by Crippen LogP contribution is 2.36. The summed E-state index contributed by atoms with van der Waals surface area (Å²) in [4.78, 5) is 10.8. The van der Waals surface area contributed by atoms with E-state index in [0.717, 1.165) is 6.42 Å². The fourth-order valence-corrected chi connectivity index (χ4v) is 1.53. The first-order valence-electron chi connectivity index (χ1n) is 6.05. The lowest BCUT2D eigenvalue weighted by Crippen LogP contribution is -2.23. The van der Waals surface area contributed by atoms with Crippen molar-refractivity contribution in [3.8, 4) is 5.75 Å². The summed E-state index contributed by atoms with van der Waals surface area (Å²) < 4.78 is 5.63. The number of nitrogens with one attached hydrogen (secondary N) is 1. The Bertz CT molecular complexity index is 425. The highest BCUT2D eigenvalue weighted by Gasteiger charge is 2.24. The Morgan fingerprint density at radius 3 is 2.56 bits per heavy atom. The molecule has 0 heterocycles. The molecule has 1 rings (SSSR count). The standard InChI is InChI=1S/C13H20N2O3/c1-5-9-14-10-7-6-8-11(12(10)15(16)17)18-13(2,3)4/h6-8,14H,5,9H2,1-4H3. The topological polar surface area (TPSA) is 64.4 Å². The number of ether oxygens (including phenoxy) is 1. The molecule has 0 saturated carbocycles. The molecule has 0 fully saturated rings. The minimum Gasteiger partial charge on any atom is -0.481 e. The average Bonchev–Trinajstić information content (AvgIpc) is 2.23. The Kier molecular flexibility index (Phi) is 4.53. The van der Waals surface area contributed by atoms with Crippen LogP contribution in [0.4, 0.5) is 11.4 Å². The van der Waals surface area contributed by atoms with E-state index in [1.54, 1.807) is 18.2 Å². The van der Waals surface area contributed by atoms with Crippen molar-refractivity contribution in [3.63, 3.8) is 0 Å². The molecule has 0 aliphatic heterocycles. The van der Waals surface area contributed by atoms with E-state index < -0.39 is 10.5 Å². The Morgan fingerprint density at radius 2 is 2.06 bits per heavy atom. The molecule has 1 aromatic carbocycles. The first-order chi connectivity index (χ1) is 8.35. The molecule has 0 aliphatic carbocycles. The van der Waals surface area contributed by atoms with E-state index in [1.165, 1.54) is 0 Å². The molecule has 0 aromatic heterocycles. The van der Waals surface area contributed by atoms with Crippen LogP contribution in [-0.4, -0.2) is 17.1 Å². The summed E-state index contributed by atoms with van der Waals surface area (Å²) >= 11 is 0. The third-order valence-electron chi connectivity index (χ3n) is 2.16. The van der Waals surface area contributed by atoms with Crippen LogP contribution in [0, 0.1) is 10.1 Å². The number of anilines is 1. The van der Waals surface area contributed by atoms with E-state index in [1.807, 2.05) is 27.7 Å². The number of nitro benzene ring substituents is 1. The molecule has 0 saturated heterocycles. The van der Waals surface area contributed by atoms with Crippen LogP contribution >= 0.6 is 0 Å². The zero-order valence-corrected chi connectivity index (χ0v) is 11.3. The SMILES string of the molecule is CCCNc1cccc(OC(C)(C)C)c1[N+](=O)[O-]. The summed E-state index contributed by atoms with van der Waals surface area (Å²) in [6, 6.07) is 5.08. The third kappa shape index (κ3) is 3.91. The van der Waals surface area contributed by atoms with Gasteiger partial charge >= 0.3 is 5.69 Å². The Labute approximate surface area is 107 Å². The van der Waals surface area contributed by atoms with E-state index >= 15 is 0 Å². The van der Waals surface area contributed by atoms with Crippen LogP contribution in [-0.2, 0) is 0 Å². The van der Waals surface area contributed by atoms with E-state index in [0.29, 0.717) is 18.0 Å². The molecule has 0 radical (unpaired) electrons. The maximum atomic E-state index is 11.2. The minimum atomic E-state index is -0.464. The van der Waals surface area contributed by atoms with Crippen LogP contribution in [0.25, 0.3) is 0 Å². The summed E-state index contributed by atoms with van der Waals surface area (Å²) in [7, 11) is 0. The summed E-state index contributed by atoms with van der Waals surface area (Å²) in [5, 5.41) is 14.2.